The predicted octanol–water partition coefficient (Wildman–Crippen LogP) is 0.490. The smallest absolute Gasteiger partial charge is 0.274 e. The van der Waals surface area contributed by atoms with Gasteiger partial charge in [0.2, 0.25) is 11.8 Å². The number of nitrogens with zero attached hydrogens (tertiary/aromatic N) is 6. The summed E-state index contributed by atoms with van der Waals surface area (Å²) in [6, 6.07) is 4.35. The molecular weight excluding hydrogens is 452 g/mol. The van der Waals surface area contributed by atoms with Gasteiger partial charge in [0.15, 0.2) is 5.69 Å². The minimum absolute atomic E-state index is 0.176. The third kappa shape index (κ3) is 3.66. The number of hydrogen-bond acceptors (Lipinski definition) is 7. The van der Waals surface area contributed by atoms with Crippen LogP contribution in [0.4, 0.5) is 0 Å². The number of nitrogens with one attached hydrogen (secondary N) is 2. The van der Waals surface area contributed by atoms with Gasteiger partial charge in [0, 0.05) is 37.5 Å². The molecular formula is C23H22N8O4. The van der Waals surface area contributed by atoms with Gasteiger partial charge < -0.3 is 14.8 Å². The van der Waals surface area contributed by atoms with Crippen LogP contribution >= 0.6 is 0 Å². The number of amides is 4. The molecule has 3 aromatic rings. The largest absolute Gasteiger partial charge is 0.341 e. The van der Waals surface area contributed by atoms with Gasteiger partial charge in [0.05, 0.1) is 17.9 Å². The standard InChI is InChI=1S/C23H22N8O4/c32-19-6-5-18(22(34)26-19)30-11-13-10-14(3-4-15(13)23(30)35)31-12-17(27-28-31)21(33)25-16-2-1-8-29-9-7-24-20(16)29/h3-4,7,9-10,12,16,18H,1-2,5-6,8,11H2,(H,25,33)(H,26,32,34). The Morgan fingerprint density at radius 2 is 2.06 bits per heavy atom. The average molecular weight is 474 g/mol. The molecule has 2 N–H and O–H groups in total. The normalized spacial score (nSPS) is 21.5. The van der Waals surface area contributed by atoms with E-state index in [0.717, 1.165) is 30.8 Å². The molecule has 1 fully saturated rings. The van der Waals surface area contributed by atoms with Gasteiger partial charge in [-0.3, -0.25) is 24.5 Å². The minimum atomic E-state index is -0.673. The molecule has 0 bridgehead atoms. The maximum absolute atomic E-state index is 12.9. The van der Waals surface area contributed by atoms with Crippen LogP contribution in [0, 0.1) is 0 Å². The zero-order chi connectivity index (χ0) is 24.1. The highest BCUT2D eigenvalue weighted by Gasteiger charge is 2.39. The van der Waals surface area contributed by atoms with Gasteiger partial charge >= 0.3 is 0 Å². The first-order chi connectivity index (χ1) is 17.0. The highest BCUT2D eigenvalue weighted by atomic mass is 16.2. The van der Waals surface area contributed by atoms with E-state index in [1.165, 1.54) is 9.58 Å². The molecule has 1 saturated heterocycles. The number of carbonyl (C=O) groups excluding carboxylic acids is 4. The number of aromatic nitrogens is 5. The van der Waals surface area contributed by atoms with E-state index in [1.807, 2.05) is 10.8 Å². The van der Waals surface area contributed by atoms with Gasteiger partial charge in [0.25, 0.3) is 11.8 Å². The van der Waals surface area contributed by atoms with Crippen molar-refractivity contribution in [1.29, 1.82) is 0 Å². The molecule has 6 rings (SSSR count). The van der Waals surface area contributed by atoms with E-state index in [1.54, 1.807) is 30.6 Å². The average Bonchev–Trinajstić information content (AvgIpc) is 3.58. The van der Waals surface area contributed by atoms with Crippen molar-refractivity contribution in [2.75, 3.05) is 0 Å². The molecule has 2 unspecified atom stereocenters. The van der Waals surface area contributed by atoms with E-state index in [-0.39, 0.29) is 42.4 Å². The fourth-order valence-corrected chi connectivity index (χ4v) is 4.98. The fraction of sp³-hybridized carbons (Fsp3) is 0.348. The number of rotatable bonds is 4. The molecule has 4 amide bonds. The van der Waals surface area contributed by atoms with E-state index in [0.29, 0.717) is 17.7 Å². The maximum atomic E-state index is 12.9. The summed E-state index contributed by atoms with van der Waals surface area (Å²) < 4.78 is 3.52. The Kier molecular flexibility index (Phi) is 4.94. The Bertz CT molecular complexity index is 1380. The number of piperidine rings is 1. The van der Waals surface area contributed by atoms with Gasteiger partial charge in [-0.05, 0) is 43.0 Å². The monoisotopic (exact) mass is 474 g/mol. The quantitative estimate of drug-likeness (QED) is 0.524. The van der Waals surface area contributed by atoms with Crippen molar-refractivity contribution in [3.05, 3.63) is 59.4 Å². The van der Waals surface area contributed by atoms with Crippen LogP contribution in [0.2, 0.25) is 0 Å². The molecule has 178 valence electrons. The molecule has 1 aromatic carbocycles. The second-order valence-corrected chi connectivity index (χ2v) is 8.94. The minimum Gasteiger partial charge on any atom is -0.341 e. The lowest BCUT2D eigenvalue weighted by Gasteiger charge is -2.29. The zero-order valence-corrected chi connectivity index (χ0v) is 18.7. The first-order valence-electron chi connectivity index (χ1n) is 11.5. The van der Waals surface area contributed by atoms with Crippen molar-refractivity contribution in [1.82, 2.24) is 40.1 Å². The first kappa shape index (κ1) is 21.2. The Hall–Kier alpha value is -4.35. The van der Waals surface area contributed by atoms with Crippen molar-refractivity contribution < 1.29 is 19.2 Å². The SMILES string of the molecule is O=C1CCC(N2Cc3cc(-n4cc(C(=O)NC5CCCn6ccnc65)nn4)ccc3C2=O)C(=O)N1. The summed E-state index contributed by atoms with van der Waals surface area (Å²) in [6.07, 6.45) is 7.44. The molecule has 0 spiro atoms. The van der Waals surface area contributed by atoms with Gasteiger partial charge in [-0.1, -0.05) is 5.21 Å². The summed E-state index contributed by atoms with van der Waals surface area (Å²) in [5.41, 5.74) is 2.06. The van der Waals surface area contributed by atoms with Crippen molar-refractivity contribution in [3.63, 3.8) is 0 Å². The van der Waals surface area contributed by atoms with Crippen molar-refractivity contribution in [2.24, 2.45) is 0 Å². The number of benzene rings is 1. The molecule has 3 aliphatic heterocycles. The number of imide groups is 1. The van der Waals surface area contributed by atoms with Crippen molar-refractivity contribution in [2.45, 2.75) is 50.9 Å². The molecule has 2 aromatic heterocycles. The van der Waals surface area contributed by atoms with Gasteiger partial charge in [-0.2, -0.15) is 0 Å². The number of fused-ring (bicyclic) bond motifs is 2. The summed E-state index contributed by atoms with van der Waals surface area (Å²) in [7, 11) is 0. The van der Waals surface area contributed by atoms with Crippen molar-refractivity contribution >= 4 is 23.6 Å². The highest BCUT2D eigenvalue weighted by molar-refractivity contribution is 6.05. The van der Waals surface area contributed by atoms with Crippen LogP contribution in [0.1, 0.15) is 64.0 Å². The zero-order valence-electron chi connectivity index (χ0n) is 18.7. The lowest BCUT2D eigenvalue weighted by molar-refractivity contribution is -0.136. The predicted molar refractivity (Wildman–Crippen MR) is 119 cm³/mol. The van der Waals surface area contributed by atoms with Crippen LogP contribution in [0.15, 0.2) is 36.8 Å². The second kappa shape index (κ2) is 8.15. The lowest BCUT2D eigenvalue weighted by Crippen LogP contribution is -2.52. The van der Waals surface area contributed by atoms with Crippen LogP contribution in [0.25, 0.3) is 5.69 Å². The molecule has 3 aliphatic rings. The Morgan fingerprint density at radius 1 is 1.17 bits per heavy atom. The van der Waals surface area contributed by atoms with E-state index < -0.39 is 11.9 Å². The molecule has 12 heteroatoms. The maximum Gasteiger partial charge on any atom is 0.274 e. The summed E-state index contributed by atoms with van der Waals surface area (Å²) in [4.78, 5) is 55.3. The Labute approximate surface area is 199 Å². The highest BCUT2D eigenvalue weighted by Crippen LogP contribution is 2.29. The van der Waals surface area contributed by atoms with Crippen LogP contribution < -0.4 is 10.6 Å². The Morgan fingerprint density at radius 3 is 2.91 bits per heavy atom. The molecule has 0 saturated carbocycles. The van der Waals surface area contributed by atoms with E-state index in [9.17, 15) is 19.2 Å². The molecule has 2 atom stereocenters. The topological polar surface area (TPSA) is 144 Å². The third-order valence-corrected chi connectivity index (χ3v) is 6.75. The van der Waals surface area contributed by atoms with E-state index >= 15 is 0 Å². The molecule has 0 aliphatic carbocycles. The summed E-state index contributed by atoms with van der Waals surface area (Å²) in [6.45, 7) is 1.14. The number of carbonyl (C=O) groups is 4. The molecule has 35 heavy (non-hydrogen) atoms. The van der Waals surface area contributed by atoms with Crippen LogP contribution in [0.3, 0.4) is 0 Å². The first-order valence-corrected chi connectivity index (χ1v) is 11.5. The van der Waals surface area contributed by atoms with Crippen molar-refractivity contribution in [3.8, 4) is 5.69 Å². The van der Waals surface area contributed by atoms with Crippen LogP contribution in [-0.4, -0.2) is 59.1 Å². The third-order valence-electron chi connectivity index (χ3n) is 6.75. The van der Waals surface area contributed by atoms with Gasteiger partial charge in [-0.25, -0.2) is 9.67 Å². The lowest BCUT2D eigenvalue weighted by atomic mass is 10.0. The van der Waals surface area contributed by atoms with Gasteiger partial charge in [-0.15, -0.1) is 5.10 Å². The molecule has 0 radical (unpaired) electrons. The van der Waals surface area contributed by atoms with Crippen LogP contribution in [0.5, 0.6) is 0 Å². The van der Waals surface area contributed by atoms with E-state index in [4.69, 9.17) is 0 Å². The second-order valence-electron chi connectivity index (χ2n) is 8.94. The molecule has 12 nitrogen and oxygen atoms in total. The van der Waals surface area contributed by atoms with E-state index in [2.05, 4.69) is 25.9 Å². The Balaban J connectivity index is 1.18. The summed E-state index contributed by atoms with van der Waals surface area (Å²) in [5, 5.41) is 13.4. The number of imidazole rings is 1. The number of hydrogen-bond donors (Lipinski definition) is 2. The van der Waals surface area contributed by atoms with Crippen LogP contribution in [-0.2, 0) is 22.7 Å². The summed E-state index contributed by atoms with van der Waals surface area (Å²) in [5.74, 6) is -0.517. The number of aryl methyl sites for hydroxylation is 1. The summed E-state index contributed by atoms with van der Waals surface area (Å²) >= 11 is 0. The molecule has 5 heterocycles. The fourth-order valence-electron chi connectivity index (χ4n) is 4.98. The van der Waals surface area contributed by atoms with Gasteiger partial charge in [0.1, 0.15) is 11.9 Å².